The third-order valence-electron chi connectivity index (χ3n) is 2.38. The highest BCUT2D eigenvalue weighted by Crippen LogP contribution is 2.13. The van der Waals surface area contributed by atoms with Gasteiger partial charge in [0, 0.05) is 33.1 Å². The summed E-state index contributed by atoms with van der Waals surface area (Å²) in [4.78, 5) is 0. The largest absolute Gasteiger partial charge is 0.281 e. The van der Waals surface area contributed by atoms with Crippen LogP contribution >= 0.6 is 22.9 Å². The van der Waals surface area contributed by atoms with Crippen molar-refractivity contribution in [2.45, 2.75) is 13.0 Å². The minimum absolute atomic E-state index is 0.400. The molecule has 7 heteroatoms. The van der Waals surface area contributed by atoms with Gasteiger partial charge in [0.05, 0.1) is 0 Å². The van der Waals surface area contributed by atoms with Gasteiger partial charge in [-0.15, -0.1) is 11.6 Å². The quantitative estimate of drug-likeness (QED) is 0.722. The van der Waals surface area contributed by atoms with Gasteiger partial charge in [0.2, 0.25) is 0 Å². The minimum atomic E-state index is -3.37. The Bertz CT molecular complexity index is 420. The van der Waals surface area contributed by atoms with Crippen LogP contribution in [-0.2, 0) is 16.8 Å². The predicted molar refractivity (Wildman–Crippen MR) is 72.7 cm³/mol. The number of hydrogen-bond donors (Lipinski definition) is 0. The van der Waals surface area contributed by atoms with Crippen LogP contribution in [0, 0.1) is 0 Å². The molecule has 98 valence electrons. The molecule has 0 N–H and O–H groups in total. The van der Waals surface area contributed by atoms with Crippen molar-refractivity contribution in [2.75, 3.05) is 26.5 Å². The molecule has 0 amide bonds. The molecule has 0 unspecified atom stereocenters. The molecule has 0 aliphatic carbocycles. The fourth-order valence-electron chi connectivity index (χ4n) is 1.36. The van der Waals surface area contributed by atoms with Gasteiger partial charge in [0.15, 0.2) is 0 Å². The third kappa shape index (κ3) is 4.22. The molecule has 4 nitrogen and oxygen atoms in total. The van der Waals surface area contributed by atoms with Gasteiger partial charge in [0.25, 0.3) is 10.2 Å². The smallest absolute Gasteiger partial charge is 0.195 e. The summed E-state index contributed by atoms with van der Waals surface area (Å²) in [6.45, 7) is 0.844. The molecule has 0 aliphatic rings. The molecule has 1 aromatic rings. The van der Waals surface area contributed by atoms with Crippen LogP contribution in [0.5, 0.6) is 0 Å². The number of halogens is 1. The van der Waals surface area contributed by atoms with E-state index in [9.17, 15) is 8.42 Å². The summed E-state index contributed by atoms with van der Waals surface area (Å²) < 4.78 is 26.8. The second-order valence-electron chi connectivity index (χ2n) is 3.76. The first kappa shape index (κ1) is 14.9. The van der Waals surface area contributed by atoms with E-state index >= 15 is 0 Å². The van der Waals surface area contributed by atoms with Gasteiger partial charge in [-0.1, -0.05) is 0 Å². The van der Waals surface area contributed by atoms with Crippen LogP contribution in [0.1, 0.15) is 12.0 Å². The van der Waals surface area contributed by atoms with E-state index in [4.69, 9.17) is 11.6 Å². The molecule has 0 aromatic carbocycles. The summed E-state index contributed by atoms with van der Waals surface area (Å²) in [5.74, 6) is 0.466. The molecular weight excluding hydrogens is 280 g/mol. The van der Waals surface area contributed by atoms with Crippen molar-refractivity contribution in [3.8, 4) is 0 Å². The van der Waals surface area contributed by atoms with Crippen LogP contribution in [0.3, 0.4) is 0 Å². The average Bonchev–Trinajstić information content (AvgIpc) is 2.78. The van der Waals surface area contributed by atoms with Crippen molar-refractivity contribution < 1.29 is 8.42 Å². The Hall–Kier alpha value is -0.140. The van der Waals surface area contributed by atoms with Gasteiger partial charge in [-0.3, -0.25) is 0 Å². The number of alkyl halides is 1. The van der Waals surface area contributed by atoms with Gasteiger partial charge in [-0.25, -0.2) is 0 Å². The van der Waals surface area contributed by atoms with Crippen LogP contribution in [-0.4, -0.2) is 43.5 Å². The molecule has 0 saturated carbocycles. The molecule has 1 rings (SSSR count). The lowest BCUT2D eigenvalue weighted by molar-refractivity contribution is 0.389. The molecule has 1 heterocycles. The lowest BCUT2D eigenvalue weighted by Gasteiger charge is -2.23. The first-order chi connectivity index (χ1) is 7.98. The van der Waals surface area contributed by atoms with Crippen molar-refractivity contribution in [1.82, 2.24) is 8.61 Å². The van der Waals surface area contributed by atoms with Gasteiger partial charge in [-0.05, 0) is 28.8 Å². The summed E-state index contributed by atoms with van der Waals surface area (Å²) >= 11 is 7.12. The van der Waals surface area contributed by atoms with Crippen molar-refractivity contribution >= 4 is 33.1 Å². The Labute approximate surface area is 112 Å². The van der Waals surface area contributed by atoms with E-state index in [-0.39, 0.29) is 0 Å². The van der Waals surface area contributed by atoms with E-state index in [0.29, 0.717) is 25.4 Å². The summed E-state index contributed by atoms with van der Waals surface area (Å²) in [6.07, 6.45) is 0.656. The Kier molecular flexibility index (Phi) is 5.88. The van der Waals surface area contributed by atoms with E-state index in [1.54, 1.807) is 25.4 Å². The normalized spacial score (nSPS) is 12.5. The average molecular weight is 297 g/mol. The summed E-state index contributed by atoms with van der Waals surface area (Å²) in [7, 11) is -0.212. The first-order valence-corrected chi connectivity index (χ1v) is 8.10. The topological polar surface area (TPSA) is 40.6 Å². The van der Waals surface area contributed by atoms with Crippen molar-refractivity contribution in [1.29, 1.82) is 0 Å². The predicted octanol–water partition coefficient (Wildman–Crippen LogP) is 1.99. The monoisotopic (exact) mass is 296 g/mol. The molecule has 0 atom stereocenters. The maximum atomic E-state index is 12.1. The van der Waals surface area contributed by atoms with Gasteiger partial charge < -0.3 is 0 Å². The van der Waals surface area contributed by atoms with Gasteiger partial charge >= 0.3 is 0 Å². The lowest BCUT2D eigenvalue weighted by Crippen LogP contribution is -2.39. The molecule has 0 aliphatic heterocycles. The van der Waals surface area contributed by atoms with Crippen LogP contribution < -0.4 is 0 Å². The molecule has 0 spiro atoms. The Morgan fingerprint density at radius 1 is 1.35 bits per heavy atom. The third-order valence-corrected chi connectivity index (χ3v) is 5.27. The maximum Gasteiger partial charge on any atom is 0.281 e. The summed E-state index contributed by atoms with van der Waals surface area (Å²) in [5.41, 5.74) is 1.01. The number of rotatable bonds is 7. The van der Waals surface area contributed by atoms with Gasteiger partial charge in [0.1, 0.15) is 0 Å². The van der Waals surface area contributed by atoms with Crippen LogP contribution in [0.4, 0.5) is 0 Å². The summed E-state index contributed by atoms with van der Waals surface area (Å²) in [5, 5.41) is 3.89. The Balaban J connectivity index is 2.63. The van der Waals surface area contributed by atoms with Crippen molar-refractivity contribution in [3.63, 3.8) is 0 Å². The summed E-state index contributed by atoms with van der Waals surface area (Å²) in [6, 6.07) is 1.93. The molecule has 0 fully saturated rings. The molecular formula is C10H17ClN2O2S2. The van der Waals surface area contributed by atoms with Gasteiger partial charge in [-0.2, -0.15) is 28.4 Å². The highest BCUT2D eigenvalue weighted by atomic mass is 35.5. The fourth-order valence-corrected chi connectivity index (χ4v) is 3.28. The Morgan fingerprint density at radius 2 is 2.06 bits per heavy atom. The fraction of sp³-hybridized carbons (Fsp3) is 0.600. The molecule has 1 aromatic heterocycles. The number of thiophene rings is 1. The zero-order valence-electron chi connectivity index (χ0n) is 9.97. The molecule has 17 heavy (non-hydrogen) atoms. The van der Waals surface area contributed by atoms with Crippen molar-refractivity contribution in [3.05, 3.63) is 22.4 Å². The maximum absolute atomic E-state index is 12.1. The highest BCUT2D eigenvalue weighted by Gasteiger charge is 2.23. The van der Waals surface area contributed by atoms with E-state index in [1.165, 1.54) is 8.61 Å². The first-order valence-electron chi connectivity index (χ1n) is 5.23. The number of nitrogens with zero attached hydrogens (tertiary/aromatic N) is 2. The van der Waals surface area contributed by atoms with Crippen LogP contribution in [0.25, 0.3) is 0 Å². The van der Waals surface area contributed by atoms with E-state index in [0.717, 1.165) is 5.56 Å². The van der Waals surface area contributed by atoms with E-state index in [1.807, 2.05) is 16.8 Å². The van der Waals surface area contributed by atoms with E-state index < -0.39 is 10.2 Å². The second-order valence-corrected chi connectivity index (χ2v) is 7.06. The highest BCUT2D eigenvalue weighted by molar-refractivity contribution is 7.86. The Morgan fingerprint density at radius 3 is 2.59 bits per heavy atom. The van der Waals surface area contributed by atoms with Crippen LogP contribution in [0.2, 0.25) is 0 Å². The SMILES string of the molecule is CN(CCCCl)S(=O)(=O)N(C)Cc1ccsc1. The van der Waals surface area contributed by atoms with Crippen molar-refractivity contribution in [2.24, 2.45) is 0 Å². The standard InChI is InChI=1S/C10H17ClN2O2S2/c1-12(6-3-5-11)17(14,15)13(2)8-10-4-7-16-9-10/h4,7,9H,3,5-6,8H2,1-2H3. The number of hydrogen-bond acceptors (Lipinski definition) is 3. The zero-order valence-corrected chi connectivity index (χ0v) is 12.4. The van der Waals surface area contributed by atoms with E-state index in [2.05, 4.69) is 0 Å². The lowest BCUT2D eigenvalue weighted by atomic mass is 10.3. The van der Waals surface area contributed by atoms with Crippen LogP contribution in [0.15, 0.2) is 16.8 Å². The second kappa shape index (κ2) is 6.70. The molecule has 0 saturated heterocycles. The molecule has 0 radical (unpaired) electrons. The zero-order chi connectivity index (χ0) is 12.9. The molecule has 0 bridgehead atoms. The minimum Gasteiger partial charge on any atom is -0.195 e.